The van der Waals surface area contributed by atoms with Gasteiger partial charge < -0.3 is 9.32 Å². The maximum Gasteiger partial charge on any atom is 0.227 e. The topological polar surface area (TPSA) is 67.6 Å². The minimum absolute atomic E-state index is 0.0357. The van der Waals surface area contributed by atoms with Crippen molar-refractivity contribution in [3.8, 4) is 0 Å². The van der Waals surface area contributed by atoms with Crippen molar-refractivity contribution >= 4 is 37.5 Å². The number of amides is 1. The summed E-state index contributed by atoms with van der Waals surface area (Å²) in [6, 6.07) is 11.8. The van der Waals surface area contributed by atoms with Gasteiger partial charge in [-0.3, -0.25) is 4.79 Å². The first-order chi connectivity index (χ1) is 13.3. The van der Waals surface area contributed by atoms with Crippen LogP contribution in [-0.2, 0) is 21.1 Å². The maximum absolute atomic E-state index is 13.2. The van der Waals surface area contributed by atoms with Gasteiger partial charge >= 0.3 is 0 Å². The molecule has 1 aromatic heterocycles. The van der Waals surface area contributed by atoms with Crippen molar-refractivity contribution in [3.05, 3.63) is 48.2 Å². The summed E-state index contributed by atoms with van der Waals surface area (Å²) in [7, 11) is -3.05. The third-order valence-electron chi connectivity index (χ3n) is 5.41. The summed E-state index contributed by atoms with van der Waals surface area (Å²) < 4.78 is 29.6. The van der Waals surface area contributed by atoms with E-state index < -0.39 is 9.84 Å². The smallest absolute Gasteiger partial charge is 0.227 e. The average Bonchev–Trinajstić information content (AvgIpc) is 3.22. The SMILES string of the molecule is CC(C)CN(C(=O)Cc1coc2ccc3ccccc3c12)[C@@H]1CCS(=O)(=O)C1. The molecule has 1 atom stereocenters. The van der Waals surface area contributed by atoms with Crippen molar-refractivity contribution in [1.82, 2.24) is 4.90 Å². The van der Waals surface area contributed by atoms with Gasteiger partial charge in [-0.1, -0.05) is 44.2 Å². The second-order valence-corrected chi connectivity index (χ2v) is 10.3. The summed E-state index contributed by atoms with van der Waals surface area (Å²) in [6.07, 6.45) is 2.40. The van der Waals surface area contributed by atoms with Crippen molar-refractivity contribution in [2.75, 3.05) is 18.1 Å². The number of fused-ring (bicyclic) bond motifs is 3. The van der Waals surface area contributed by atoms with Crippen LogP contribution in [0.5, 0.6) is 0 Å². The predicted octanol–water partition coefficient (Wildman–Crippen LogP) is 3.80. The second kappa shape index (κ2) is 7.24. The molecule has 1 aliphatic rings. The Labute approximate surface area is 165 Å². The van der Waals surface area contributed by atoms with Gasteiger partial charge in [0, 0.05) is 23.5 Å². The summed E-state index contributed by atoms with van der Waals surface area (Å²) >= 11 is 0. The highest BCUT2D eigenvalue weighted by atomic mass is 32.2. The van der Waals surface area contributed by atoms with Crippen LogP contribution in [0, 0.1) is 5.92 Å². The van der Waals surface area contributed by atoms with Crippen LogP contribution in [0.3, 0.4) is 0 Å². The molecule has 0 saturated carbocycles. The van der Waals surface area contributed by atoms with Gasteiger partial charge in [-0.15, -0.1) is 0 Å². The van der Waals surface area contributed by atoms with E-state index in [9.17, 15) is 13.2 Å². The van der Waals surface area contributed by atoms with E-state index in [1.165, 1.54) is 0 Å². The molecule has 0 radical (unpaired) electrons. The zero-order valence-corrected chi connectivity index (χ0v) is 17.0. The molecule has 0 bridgehead atoms. The molecule has 0 spiro atoms. The van der Waals surface area contributed by atoms with Gasteiger partial charge in [-0.05, 0) is 29.2 Å². The lowest BCUT2D eigenvalue weighted by molar-refractivity contribution is -0.132. The highest BCUT2D eigenvalue weighted by molar-refractivity contribution is 7.91. The Bertz CT molecular complexity index is 1130. The van der Waals surface area contributed by atoms with E-state index in [0.29, 0.717) is 13.0 Å². The standard InChI is InChI=1S/C22H25NO4S/c1-15(2)12-23(18-9-10-28(25,26)14-18)21(24)11-17-13-27-20-8-7-16-5-3-4-6-19(16)22(17)20/h3-8,13,15,18H,9-12,14H2,1-2H3/t18-/m1/s1. The summed E-state index contributed by atoms with van der Waals surface area (Å²) in [4.78, 5) is 15.0. The molecule has 0 N–H and O–H groups in total. The first kappa shape index (κ1) is 19.0. The minimum Gasteiger partial charge on any atom is -0.464 e. The van der Waals surface area contributed by atoms with Crippen LogP contribution >= 0.6 is 0 Å². The Kier molecular flexibility index (Phi) is 4.91. The van der Waals surface area contributed by atoms with Crippen LogP contribution in [0.15, 0.2) is 47.1 Å². The fourth-order valence-electron chi connectivity index (χ4n) is 4.14. The highest BCUT2D eigenvalue weighted by Crippen LogP contribution is 2.31. The molecular weight excluding hydrogens is 374 g/mol. The molecule has 1 saturated heterocycles. The quantitative estimate of drug-likeness (QED) is 0.654. The lowest BCUT2D eigenvalue weighted by Crippen LogP contribution is -2.44. The summed E-state index contributed by atoms with van der Waals surface area (Å²) in [5.41, 5.74) is 1.62. The summed E-state index contributed by atoms with van der Waals surface area (Å²) in [5.74, 6) is 0.472. The maximum atomic E-state index is 13.2. The fraction of sp³-hybridized carbons (Fsp3) is 0.409. The van der Waals surface area contributed by atoms with E-state index in [2.05, 4.69) is 0 Å². The number of hydrogen-bond donors (Lipinski definition) is 0. The van der Waals surface area contributed by atoms with Crippen molar-refractivity contribution in [2.24, 2.45) is 5.92 Å². The monoisotopic (exact) mass is 399 g/mol. The van der Waals surface area contributed by atoms with Crippen LogP contribution < -0.4 is 0 Å². The van der Waals surface area contributed by atoms with Gasteiger partial charge in [-0.2, -0.15) is 0 Å². The first-order valence-corrected chi connectivity index (χ1v) is 11.5. The molecule has 0 aliphatic carbocycles. The van der Waals surface area contributed by atoms with E-state index in [0.717, 1.165) is 27.3 Å². The molecule has 2 heterocycles. The van der Waals surface area contributed by atoms with Gasteiger partial charge in [-0.25, -0.2) is 8.42 Å². The van der Waals surface area contributed by atoms with Crippen LogP contribution in [-0.4, -0.2) is 43.3 Å². The van der Waals surface area contributed by atoms with E-state index in [1.807, 2.05) is 50.2 Å². The molecular formula is C22H25NO4S. The fourth-order valence-corrected chi connectivity index (χ4v) is 5.87. The Morgan fingerprint density at radius 1 is 1.21 bits per heavy atom. The number of hydrogen-bond acceptors (Lipinski definition) is 4. The number of rotatable bonds is 5. The largest absolute Gasteiger partial charge is 0.464 e. The molecule has 1 amide bonds. The first-order valence-electron chi connectivity index (χ1n) is 9.72. The Morgan fingerprint density at radius 2 is 2.00 bits per heavy atom. The van der Waals surface area contributed by atoms with Gasteiger partial charge in [0.05, 0.1) is 24.2 Å². The molecule has 1 fully saturated rings. The lowest BCUT2D eigenvalue weighted by atomic mass is 10.0. The molecule has 28 heavy (non-hydrogen) atoms. The normalized spacial score (nSPS) is 18.9. The lowest BCUT2D eigenvalue weighted by Gasteiger charge is -2.30. The number of carbonyl (C=O) groups is 1. The molecule has 6 heteroatoms. The number of sulfone groups is 1. The zero-order chi connectivity index (χ0) is 19.9. The third-order valence-corrected chi connectivity index (χ3v) is 7.16. The van der Waals surface area contributed by atoms with Gasteiger partial charge in [0.1, 0.15) is 5.58 Å². The number of furan rings is 1. The van der Waals surface area contributed by atoms with Crippen LogP contribution in [0.2, 0.25) is 0 Å². The third kappa shape index (κ3) is 3.65. The Morgan fingerprint density at radius 3 is 2.71 bits per heavy atom. The average molecular weight is 400 g/mol. The van der Waals surface area contributed by atoms with E-state index in [4.69, 9.17) is 4.42 Å². The predicted molar refractivity (Wildman–Crippen MR) is 111 cm³/mol. The van der Waals surface area contributed by atoms with Gasteiger partial charge in [0.2, 0.25) is 5.91 Å². The van der Waals surface area contributed by atoms with Crippen molar-refractivity contribution < 1.29 is 17.6 Å². The van der Waals surface area contributed by atoms with E-state index in [1.54, 1.807) is 11.2 Å². The summed E-state index contributed by atoms with van der Waals surface area (Å²) in [5, 5.41) is 3.14. The Hall–Kier alpha value is -2.34. The van der Waals surface area contributed by atoms with E-state index >= 15 is 0 Å². The molecule has 148 valence electrons. The molecule has 0 unspecified atom stereocenters. The molecule has 4 rings (SSSR count). The van der Waals surface area contributed by atoms with Gasteiger partial charge in [0.15, 0.2) is 9.84 Å². The van der Waals surface area contributed by atoms with Crippen LogP contribution in [0.4, 0.5) is 0 Å². The number of nitrogens with zero attached hydrogens (tertiary/aromatic N) is 1. The Balaban J connectivity index is 1.67. The van der Waals surface area contributed by atoms with Crippen molar-refractivity contribution in [2.45, 2.75) is 32.7 Å². The van der Waals surface area contributed by atoms with Crippen LogP contribution in [0.25, 0.3) is 21.7 Å². The van der Waals surface area contributed by atoms with Gasteiger partial charge in [0.25, 0.3) is 0 Å². The minimum atomic E-state index is -3.05. The van der Waals surface area contributed by atoms with E-state index in [-0.39, 0.29) is 35.8 Å². The number of benzene rings is 2. The van der Waals surface area contributed by atoms with Crippen molar-refractivity contribution in [3.63, 3.8) is 0 Å². The molecule has 1 aliphatic heterocycles. The molecule has 3 aromatic rings. The summed E-state index contributed by atoms with van der Waals surface area (Å²) in [6.45, 7) is 4.66. The highest BCUT2D eigenvalue weighted by Gasteiger charge is 2.35. The molecule has 5 nitrogen and oxygen atoms in total. The zero-order valence-electron chi connectivity index (χ0n) is 16.2. The number of carbonyl (C=O) groups excluding carboxylic acids is 1. The van der Waals surface area contributed by atoms with Crippen LogP contribution in [0.1, 0.15) is 25.8 Å². The second-order valence-electron chi connectivity index (χ2n) is 8.09. The van der Waals surface area contributed by atoms with Crippen molar-refractivity contribution in [1.29, 1.82) is 0 Å². The molecule has 2 aromatic carbocycles.